The summed E-state index contributed by atoms with van der Waals surface area (Å²) < 4.78 is 18.3. The minimum Gasteiger partial charge on any atom is -0.494 e. The smallest absolute Gasteiger partial charge is 0.128 e. The number of unbranched alkanes of at least 4 members (excludes halogenated alkanes) is 1. The molecule has 4 aromatic carbocycles. The molecule has 0 heterocycles. The largest absolute Gasteiger partial charge is 0.494 e. The zero-order valence-electron chi connectivity index (χ0n) is 17.9. The Bertz CT molecular complexity index is 1090. The van der Waals surface area contributed by atoms with Gasteiger partial charge in [0.25, 0.3) is 0 Å². The molecule has 0 aliphatic carbocycles. The zero-order valence-corrected chi connectivity index (χ0v) is 17.9. The Hall–Kier alpha value is -3.46. The van der Waals surface area contributed by atoms with Crippen molar-refractivity contribution in [3.8, 4) is 17.2 Å². The zero-order chi connectivity index (χ0) is 21.3. The van der Waals surface area contributed by atoms with Crippen LogP contribution in [0.25, 0.3) is 10.8 Å². The second-order valence-electron chi connectivity index (χ2n) is 7.52. The van der Waals surface area contributed by atoms with E-state index in [1.54, 1.807) is 0 Å². The van der Waals surface area contributed by atoms with Gasteiger partial charge in [0.15, 0.2) is 0 Å². The van der Waals surface area contributed by atoms with Gasteiger partial charge in [0.05, 0.1) is 6.61 Å². The molecule has 3 heteroatoms. The Morgan fingerprint density at radius 2 is 1.16 bits per heavy atom. The topological polar surface area (TPSA) is 27.7 Å². The minimum absolute atomic E-state index is 0.515. The normalized spacial score (nSPS) is 10.7. The van der Waals surface area contributed by atoms with Crippen LogP contribution in [0.2, 0.25) is 0 Å². The quantitative estimate of drug-likeness (QED) is 0.258. The molecule has 0 saturated heterocycles. The lowest BCUT2D eigenvalue weighted by Gasteiger charge is -2.15. The molecule has 31 heavy (non-hydrogen) atoms. The maximum Gasteiger partial charge on any atom is 0.128 e. The van der Waals surface area contributed by atoms with Crippen LogP contribution in [0, 0.1) is 0 Å². The van der Waals surface area contributed by atoms with Gasteiger partial charge in [0, 0.05) is 10.8 Å². The molecule has 0 unspecified atom stereocenters. The summed E-state index contributed by atoms with van der Waals surface area (Å²) in [4.78, 5) is 0. The summed E-state index contributed by atoms with van der Waals surface area (Å²) in [5, 5.41) is 2.01. The molecule has 0 aromatic heterocycles. The van der Waals surface area contributed by atoms with Gasteiger partial charge < -0.3 is 14.2 Å². The van der Waals surface area contributed by atoms with Crippen LogP contribution >= 0.6 is 0 Å². The van der Waals surface area contributed by atoms with Gasteiger partial charge in [-0.1, -0.05) is 74.0 Å². The number of fused-ring (bicyclic) bond motifs is 1. The van der Waals surface area contributed by atoms with Crippen molar-refractivity contribution in [3.63, 3.8) is 0 Å². The van der Waals surface area contributed by atoms with Gasteiger partial charge in [-0.2, -0.15) is 0 Å². The van der Waals surface area contributed by atoms with Gasteiger partial charge in [-0.05, 0) is 47.9 Å². The van der Waals surface area contributed by atoms with E-state index in [0.29, 0.717) is 19.8 Å². The molecule has 0 aliphatic rings. The maximum absolute atomic E-state index is 6.19. The molecule has 0 radical (unpaired) electrons. The fraction of sp³-hybridized carbons (Fsp3) is 0.214. The van der Waals surface area contributed by atoms with Gasteiger partial charge >= 0.3 is 0 Å². The molecular formula is C28H28O3. The van der Waals surface area contributed by atoms with Crippen LogP contribution in [0.1, 0.15) is 30.9 Å². The van der Waals surface area contributed by atoms with Crippen molar-refractivity contribution in [2.75, 3.05) is 6.61 Å². The second-order valence-corrected chi connectivity index (χ2v) is 7.52. The number of ether oxygens (including phenoxy) is 3. The van der Waals surface area contributed by atoms with Gasteiger partial charge in [-0.15, -0.1) is 0 Å². The first-order chi connectivity index (χ1) is 15.3. The first-order valence-corrected chi connectivity index (χ1v) is 10.9. The molecule has 0 saturated carbocycles. The fourth-order valence-electron chi connectivity index (χ4n) is 3.42. The maximum atomic E-state index is 6.19. The Morgan fingerprint density at radius 1 is 0.581 bits per heavy atom. The van der Waals surface area contributed by atoms with Crippen LogP contribution in [-0.4, -0.2) is 6.61 Å². The summed E-state index contributed by atoms with van der Waals surface area (Å²) in [6.45, 7) is 3.91. The Balaban J connectivity index is 1.60. The van der Waals surface area contributed by atoms with Gasteiger partial charge in [-0.3, -0.25) is 0 Å². The molecule has 0 fully saturated rings. The average molecular weight is 413 g/mol. The summed E-state index contributed by atoms with van der Waals surface area (Å²) in [7, 11) is 0. The molecule has 0 N–H and O–H groups in total. The number of rotatable bonds is 10. The molecule has 0 aliphatic heterocycles. The van der Waals surface area contributed by atoms with Crippen molar-refractivity contribution in [1.29, 1.82) is 0 Å². The van der Waals surface area contributed by atoms with Crippen molar-refractivity contribution in [3.05, 3.63) is 102 Å². The summed E-state index contributed by atoms with van der Waals surface area (Å²) in [6.07, 6.45) is 2.14. The van der Waals surface area contributed by atoms with E-state index in [1.807, 2.05) is 54.6 Å². The van der Waals surface area contributed by atoms with Gasteiger partial charge in [-0.25, -0.2) is 0 Å². The molecule has 3 nitrogen and oxygen atoms in total. The standard InChI is InChI=1S/C28H28O3/c1-2-3-18-29-24-14-15-25-26(19-24)28(31-21-23-12-8-5-9-13-23)17-16-27(25)30-20-22-10-6-4-7-11-22/h4-17,19H,2-3,18,20-21H2,1H3. The van der Waals surface area contributed by atoms with Crippen LogP contribution in [0.15, 0.2) is 91.0 Å². The van der Waals surface area contributed by atoms with E-state index >= 15 is 0 Å². The highest BCUT2D eigenvalue weighted by Gasteiger charge is 2.11. The van der Waals surface area contributed by atoms with Crippen molar-refractivity contribution < 1.29 is 14.2 Å². The Labute approximate surface area is 184 Å². The Morgan fingerprint density at radius 3 is 1.74 bits per heavy atom. The third kappa shape index (κ3) is 5.58. The highest BCUT2D eigenvalue weighted by Crippen LogP contribution is 2.36. The number of hydrogen-bond acceptors (Lipinski definition) is 3. The monoisotopic (exact) mass is 412 g/mol. The van der Waals surface area contributed by atoms with E-state index in [4.69, 9.17) is 14.2 Å². The molecule has 4 rings (SSSR count). The molecule has 0 bridgehead atoms. The average Bonchev–Trinajstić information content (AvgIpc) is 2.83. The second kappa shape index (κ2) is 10.5. The SMILES string of the molecule is CCCCOc1ccc2c(OCc3ccccc3)ccc(OCc3ccccc3)c2c1. The van der Waals surface area contributed by atoms with Crippen LogP contribution < -0.4 is 14.2 Å². The molecular weight excluding hydrogens is 384 g/mol. The van der Waals surface area contributed by atoms with Crippen LogP contribution in [0.3, 0.4) is 0 Å². The summed E-state index contributed by atoms with van der Waals surface area (Å²) >= 11 is 0. The lowest BCUT2D eigenvalue weighted by molar-refractivity contribution is 0.301. The number of hydrogen-bond donors (Lipinski definition) is 0. The summed E-state index contributed by atoms with van der Waals surface area (Å²) in [5.74, 6) is 2.52. The fourth-order valence-corrected chi connectivity index (χ4v) is 3.42. The van der Waals surface area contributed by atoms with E-state index in [9.17, 15) is 0 Å². The highest BCUT2D eigenvalue weighted by molar-refractivity contribution is 5.94. The summed E-state index contributed by atoms with van der Waals surface area (Å²) in [6, 6.07) is 30.5. The molecule has 0 amide bonds. The third-order valence-corrected chi connectivity index (χ3v) is 5.15. The lowest BCUT2D eigenvalue weighted by atomic mass is 10.1. The van der Waals surface area contributed by atoms with Crippen LogP contribution in [0.5, 0.6) is 17.2 Å². The van der Waals surface area contributed by atoms with Crippen LogP contribution in [0.4, 0.5) is 0 Å². The van der Waals surface area contributed by atoms with E-state index in [-0.39, 0.29) is 0 Å². The van der Waals surface area contributed by atoms with E-state index in [2.05, 4.69) is 43.3 Å². The lowest BCUT2D eigenvalue weighted by Crippen LogP contribution is -2.00. The van der Waals surface area contributed by atoms with E-state index in [1.165, 1.54) is 0 Å². The summed E-state index contributed by atoms with van der Waals surface area (Å²) in [5.41, 5.74) is 2.27. The van der Waals surface area contributed by atoms with E-state index in [0.717, 1.165) is 52.0 Å². The molecule has 0 spiro atoms. The highest BCUT2D eigenvalue weighted by atomic mass is 16.5. The van der Waals surface area contributed by atoms with E-state index < -0.39 is 0 Å². The van der Waals surface area contributed by atoms with Gasteiger partial charge in [0.2, 0.25) is 0 Å². The number of benzene rings is 4. The molecule has 4 aromatic rings. The van der Waals surface area contributed by atoms with Crippen molar-refractivity contribution in [2.45, 2.75) is 33.0 Å². The predicted molar refractivity (Wildman–Crippen MR) is 126 cm³/mol. The third-order valence-electron chi connectivity index (χ3n) is 5.15. The van der Waals surface area contributed by atoms with Gasteiger partial charge in [0.1, 0.15) is 30.5 Å². The van der Waals surface area contributed by atoms with Crippen molar-refractivity contribution >= 4 is 10.8 Å². The Kier molecular flexibility index (Phi) is 7.07. The van der Waals surface area contributed by atoms with Crippen molar-refractivity contribution in [2.24, 2.45) is 0 Å². The predicted octanol–water partition coefficient (Wildman–Crippen LogP) is 7.18. The minimum atomic E-state index is 0.515. The first kappa shape index (κ1) is 20.8. The van der Waals surface area contributed by atoms with Crippen molar-refractivity contribution in [1.82, 2.24) is 0 Å². The molecule has 0 atom stereocenters. The first-order valence-electron chi connectivity index (χ1n) is 10.9. The molecule has 158 valence electrons. The van der Waals surface area contributed by atoms with Crippen LogP contribution in [-0.2, 0) is 13.2 Å².